The molecule has 0 saturated carbocycles. The Morgan fingerprint density at radius 1 is 0.195 bits per heavy atom. The molecule has 0 aliphatic carbocycles. The van der Waals surface area contributed by atoms with E-state index in [0.29, 0.717) is 0 Å². The number of aliphatic hydroxyl groups is 20. The lowest BCUT2D eigenvalue weighted by atomic mass is 9.95. The van der Waals surface area contributed by atoms with Gasteiger partial charge in [-0.25, -0.2) is 0 Å². The molecule has 21 saturated heterocycles. The van der Waals surface area contributed by atoms with Gasteiger partial charge in [-0.2, -0.15) is 0 Å². The zero-order valence-electron chi connectivity index (χ0n) is 40.2. The van der Waals surface area contributed by atoms with Crippen molar-refractivity contribution in [2.75, 3.05) is 44.1 Å². The van der Waals surface area contributed by atoms with Crippen molar-refractivity contribution in [2.24, 2.45) is 0 Å². The first-order chi connectivity index (χ1) is 36.7. The van der Waals surface area contributed by atoms with Gasteiger partial charge in [-0.1, -0.05) is 22.6 Å². The van der Waals surface area contributed by atoms with Crippen LogP contribution in [0.1, 0.15) is 0 Å². The Balaban J connectivity index is 1.08. The average Bonchev–Trinajstić information content (AvgIpc) is 3.47. The normalized spacial score (nSPS) is 55.4. The molecule has 0 radical (unpaired) electrons. The first kappa shape index (κ1) is 62.4. The number of halogens is 1. The highest BCUT2D eigenvalue weighted by molar-refractivity contribution is 14.1. The van der Waals surface area contributed by atoms with Gasteiger partial charge in [-0.15, -0.1) is 0 Å². The second-order valence-corrected chi connectivity index (χ2v) is 20.5. The SMILES string of the molecule is OCC1OC2OC3C(CO)OC(OC4C(CO)OC(OC5C(CI)OC(OC6C(CO)OC(OC7C(CO)OC(OC8C(CO)OC(OC1C(O)C2O)C(O)C8O)C(O)C7O)C(O)C6O)C(O)C5O)C(O)C4O)C(O)C3O. The third kappa shape index (κ3) is 12.3. The number of alkyl halides is 1. The van der Waals surface area contributed by atoms with Gasteiger partial charge in [0.15, 0.2) is 44.0 Å². The Morgan fingerprint density at radius 3 is 0.455 bits per heavy atom. The third-order valence-corrected chi connectivity index (χ3v) is 15.6. The molecule has 35 heteroatoms. The average molecular weight is 1240 g/mol. The number of rotatable bonds is 7. The molecule has 14 bridgehead atoms. The third-order valence-electron chi connectivity index (χ3n) is 14.8. The van der Waals surface area contributed by atoms with E-state index in [9.17, 15) is 102 Å². The molecule has 0 aromatic heterocycles. The van der Waals surface area contributed by atoms with Crippen LogP contribution in [0.3, 0.4) is 0 Å². The van der Waals surface area contributed by atoms with Crippen molar-refractivity contribution in [3.05, 3.63) is 0 Å². The summed E-state index contributed by atoms with van der Waals surface area (Å²) in [6.45, 7) is -6.12. The van der Waals surface area contributed by atoms with Gasteiger partial charge < -0.3 is 168 Å². The Bertz CT molecular complexity index is 1470. The van der Waals surface area contributed by atoms with Crippen LogP contribution in [0.15, 0.2) is 0 Å². The van der Waals surface area contributed by atoms with Crippen LogP contribution in [-0.4, -0.2) is 361 Å². The quantitative estimate of drug-likeness (QED) is 0.0831. The van der Waals surface area contributed by atoms with Crippen LogP contribution in [0.4, 0.5) is 0 Å². The van der Waals surface area contributed by atoms with Crippen LogP contribution in [0, 0.1) is 0 Å². The highest BCUT2D eigenvalue weighted by Crippen LogP contribution is 2.39. The molecule has 0 aromatic rings. The zero-order chi connectivity index (χ0) is 56.1. The molecule has 21 aliphatic heterocycles. The van der Waals surface area contributed by atoms with Gasteiger partial charge in [-0.05, 0) is 0 Å². The lowest BCUT2D eigenvalue weighted by Crippen LogP contribution is -2.68. The van der Waals surface area contributed by atoms with E-state index in [1.807, 2.05) is 0 Å². The second-order valence-electron chi connectivity index (χ2n) is 19.6. The fourth-order valence-electron chi connectivity index (χ4n) is 10.4. The lowest BCUT2D eigenvalue weighted by Gasteiger charge is -2.50. The predicted octanol–water partition coefficient (Wildman–Crippen LogP) is -13.8. The zero-order valence-corrected chi connectivity index (χ0v) is 42.4. The summed E-state index contributed by atoms with van der Waals surface area (Å²) in [4.78, 5) is 0. The van der Waals surface area contributed by atoms with Gasteiger partial charge in [0, 0.05) is 4.43 Å². The van der Waals surface area contributed by atoms with Crippen LogP contribution in [0.5, 0.6) is 0 Å². The predicted molar refractivity (Wildman–Crippen MR) is 240 cm³/mol. The molecule has 21 rings (SSSR count). The fraction of sp³-hybridized carbons (Fsp3) is 1.00. The van der Waals surface area contributed by atoms with Crippen LogP contribution < -0.4 is 0 Å². The Morgan fingerprint density at radius 2 is 0.325 bits per heavy atom. The van der Waals surface area contributed by atoms with Crippen LogP contribution in [0.25, 0.3) is 0 Å². The molecule has 0 aromatic carbocycles. The summed E-state index contributed by atoms with van der Waals surface area (Å²) in [6.07, 6.45) is -68.2. The standard InChI is InChI=1S/C42H69IO34/c43-1-8-29-15(50)22(57)36(64-8)72-30-9(2-44)66-38(24(59)17(30)52)74-32-11(4-46)68-40(26(61)19(32)54)76-34-13(6-48)70-42(28(63)21(34)56)77-35-14(7-49)69-41(27(62)20(35)55)75-33-12(5-47)67-39(25(60)18(33)53)73-31-10(3-45)65-37(71-29)23(58)16(31)51/h8-42,44-63H,1-7H2. The summed E-state index contributed by atoms with van der Waals surface area (Å²) in [5.74, 6) is 0. The number of ether oxygens (including phenoxy) is 14. The van der Waals surface area contributed by atoms with Gasteiger partial charge in [0.25, 0.3) is 0 Å². The summed E-state index contributed by atoms with van der Waals surface area (Å²) in [5.41, 5.74) is 0. The minimum absolute atomic E-state index is 0.0768. The Kier molecular flexibility index (Phi) is 21.5. The molecule has 35 unspecified atom stereocenters. The maximum absolute atomic E-state index is 11.4. The Hall–Kier alpha value is -0.630. The summed E-state index contributed by atoms with van der Waals surface area (Å²) in [6, 6.07) is 0. The molecule has 34 nitrogen and oxygen atoms in total. The molecule has 21 fully saturated rings. The van der Waals surface area contributed by atoms with Crippen molar-refractivity contribution >= 4 is 22.6 Å². The van der Waals surface area contributed by atoms with Crippen LogP contribution >= 0.6 is 22.6 Å². The van der Waals surface area contributed by atoms with E-state index in [-0.39, 0.29) is 4.43 Å². The van der Waals surface area contributed by atoms with Crippen molar-refractivity contribution in [3.63, 3.8) is 0 Å². The van der Waals surface area contributed by atoms with Crippen LogP contribution in [-0.2, 0) is 66.3 Å². The highest BCUT2D eigenvalue weighted by atomic mass is 127. The lowest BCUT2D eigenvalue weighted by molar-refractivity contribution is -0.396. The van der Waals surface area contributed by atoms with E-state index in [2.05, 4.69) is 0 Å². The molecule has 35 atom stereocenters. The molecule has 77 heavy (non-hydrogen) atoms. The van der Waals surface area contributed by atoms with E-state index in [1.54, 1.807) is 22.6 Å². The largest absolute Gasteiger partial charge is 0.394 e. The van der Waals surface area contributed by atoms with E-state index in [0.717, 1.165) is 0 Å². The van der Waals surface area contributed by atoms with Crippen LogP contribution in [0.2, 0.25) is 0 Å². The number of hydrogen-bond donors (Lipinski definition) is 20. The van der Waals surface area contributed by atoms with E-state index in [1.165, 1.54) is 0 Å². The van der Waals surface area contributed by atoms with Crippen molar-refractivity contribution in [1.82, 2.24) is 0 Å². The van der Waals surface area contributed by atoms with Gasteiger partial charge in [0.1, 0.15) is 165 Å². The summed E-state index contributed by atoms with van der Waals surface area (Å²) in [7, 11) is 0. The van der Waals surface area contributed by atoms with Crippen molar-refractivity contribution in [3.8, 4) is 0 Å². The molecular formula is C42H69IO34. The van der Waals surface area contributed by atoms with E-state index in [4.69, 9.17) is 66.3 Å². The summed E-state index contributed by atoms with van der Waals surface area (Å²) < 4.78 is 80.2. The fourth-order valence-corrected chi connectivity index (χ4v) is 11.1. The van der Waals surface area contributed by atoms with Crippen molar-refractivity contribution in [1.29, 1.82) is 0 Å². The molecule has 20 N–H and O–H groups in total. The number of hydrogen-bond acceptors (Lipinski definition) is 34. The summed E-state index contributed by atoms with van der Waals surface area (Å²) in [5, 5.41) is 221. The Labute approximate surface area is 448 Å². The topological polar surface area (TPSA) is 534 Å². The van der Waals surface area contributed by atoms with Gasteiger partial charge in [0.2, 0.25) is 0 Å². The minimum atomic E-state index is -2.20. The van der Waals surface area contributed by atoms with Gasteiger partial charge >= 0.3 is 0 Å². The summed E-state index contributed by atoms with van der Waals surface area (Å²) >= 11 is 1.80. The van der Waals surface area contributed by atoms with E-state index < -0.39 is 255 Å². The maximum atomic E-state index is 11.4. The minimum Gasteiger partial charge on any atom is -0.394 e. The van der Waals surface area contributed by atoms with E-state index >= 15 is 0 Å². The number of aliphatic hydroxyl groups excluding tert-OH is 20. The smallest absolute Gasteiger partial charge is 0.187 e. The monoisotopic (exact) mass is 1240 g/mol. The molecule has 0 spiro atoms. The highest BCUT2D eigenvalue weighted by Gasteiger charge is 2.59. The molecule has 21 heterocycles. The maximum Gasteiger partial charge on any atom is 0.187 e. The van der Waals surface area contributed by atoms with Gasteiger partial charge in [0.05, 0.1) is 45.7 Å². The first-order valence-electron chi connectivity index (χ1n) is 24.6. The molecule has 0 amide bonds. The molecular weight excluding hydrogens is 1180 g/mol. The second kappa shape index (κ2) is 26.5. The molecule has 448 valence electrons. The molecule has 21 aliphatic rings. The first-order valence-corrected chi connectivity index (χ1v) is 26.1. The van der Waals surface area contributed by atoms with Crippen molar-refractivity contribution in [2.45, 2.75) is 215 Å². The van der Waals surface area contributed by atoms with Crippen molar-refractivity contribution < 1.29 is 168 Å². The van der Waals surface area contributed by atoms with Gasteiger partial charge in [-0.3, -0.25) is 0 Å².